The van der Waals surface area contributed by atoms with Crippen LogP contribution in [0.4, 0.5) is 17.1 Å². The number of ether oxygens (including phenoxy) is 2. The van der Waals surface area contributed by atoms with Gasteiger partial charge in [0.05, 0.1) is 24.9 Å². The van der Waals surface area contributed by atoms with Crippen LogP contribution in [-0.2, 0) is 6.54 Å². The minimum absolute atomic E-state index is 0.515. The maximum Gasteiger partial charge on any atom is 0.145 e. The van der Waals surface area contributed by atoms with E-state index in [1.165, 1.54) is 0 Å². The fourth-order valence-electron chi connectivity index (χ4n) is 2.69. The van der Waals surface area contributed by atoms with E-state index in [4.69, 9.17) is 32.5 Å². The van der Waals surface area contributed by atoms with Crippen LogP contribution in [0.3, 0.4) is 0 Å². The van der Waals surface area contributed by atoms with Crippen molar-refractivity contribution in [1.29, 1.82) is 0 Å². The molecule has 0 aliphatic rings. The Hall–Kier alpha value is -2.57. The first-order chi connectivity index (χ1) is 12.5. The minimum Gasteiger partial charge on any atom is -0.495 e. The number of hydrogen-bond donors (Lipinski definition) is 3. The Morgan fingerprint density at radius 3 is 2.50 bits per heavy atom. The van der Waals surface area contributed by atoms with Gasteiger partial charge < -0.3 is 26.3 Å². The summed E-state index contributed by atoms with van der Waals surface area (Å²) < 4.78 is 10.7. The van der Waals surface area contributed by atoms with Crippen LogP contribution in [0.1, 0.15) is 5.56 Å². The van der Waals surface area contributed by atoms with Gasteiger partial charge in [-0.05, 0) is 46.2 Å². The molecule has 136 valence electrons. The minimum atomic E-state index is 0.515. The van der Waals surface area contributed by atoms with Gasteiger partial charge in [0.1, 0.15) is 11.5 Å². The Balaban J connectivity index is 1.87. The SMILES string of the molecule is COc1cc(OC)c(NCc2cscc2-c2cc(N)ccc2N)cc1Cl. The first-order valence-corrected chi connectivity index (χ1v) is 9.21. The standard InChI is InChI=1S/C19H20ClN3O2S/c1-24-18-7-19(25-2)17(6-15(18)20)23-8-11-9-26-10-14(11)13-5-12(21)3-4-16(13)22/h3-7,9-10,23H,8,21-22H2,1-2H3. The van der Waals surface area contributed by atoms with E-state index >= 15 is 0 Å². The first-order valence-electron chi connectivity index (χ1n) is 7.89. The first kappa shape index (κ1) is 18.2. The largest absolute Gasteiger partial charge is 0.495 e. The summed E-state index contributed by atoms with van der Waals surface area (Å²) in [5.74, 6) is 1.23. The summed E-state index contributed by atoms with van der Waals surface area (Å²) in [4.78, 5) is 0. The van der Waals surface area contributed by atoms with Gasteiger partial charge >= 0.3 is 0 Å². The predicted molar refractivity (Wildman–Crippen MR) is 110 cm³/mol. The van der Waals surface area contributed by atoms with E-state index < -0.39 is 0 Å². The van der Waals surface area contributed by atoms with Crippen molar-refractivity contribution in [2.45, 2.75) is 6.54 Å². The molecular formula is C19H20ClN3O2S. The van der Waals surface area contributed by atoms with Crippen molar-refractivity contribution in [2.24, 2.45) is 0 Å². The fourth-order valence-corrected chi connectivity index (χ4v) is 3.79. The lowest BCUT2D eigenvalue weighted by Crippen LogP contribution is -2.03. The summed E-state index contributed by atoms with van der Waals surface area (Å²) in [5.41, 5.74) is 17.3. The molecule has 0 fully saturated rings. The molecule has 0 aliphatic heterocycles. The van der Waals surface area contributed by atoms with E-state index in [-0.39, 0.29) is 0 Å². The van der Waals surface area contributed by atoms with E-state index in [9.17, 15) is 0 Å². The number of methoxy groups -OCH3 is 2. The molecule has 0 spiro atoms. The van der Waals surface area contributed by atoms with Gasteiger partial charge in [-0.2, -0.15) is 11.3 Å². The molecule has 0 atom stereocenters. The molecule has 3 aromatic rings. The average Bonchev–Trinajstić information content (AvgIpc) is 3.10. The highest BCUT2D eigenvalue weighted by Gasteiger charge is 2.13. The highest BCUT2D eigenvalue weighted by atomic mass is 35.5. The third-order valence-electron chi connectivity index (χ3n) is 4.05. The van der Waals surface area contributed by atoms with Gasteiger partial charge in [0.2, 0.25) is 0 Å². The second-order valence-corrected chi connectivity index (χ2v) is 6.85. The molecule has 0 amide bonds. The lowest BCUT2D eigenvalue weighted by atomic mass is 10.0. The van der Waals surface area contributed by atoms with Crippen LogP contribution in [0, 0.1) is 0 Å². The monoisotopic (exact) mass is 389 g/mol. The summed E-state index contributed by atoms with van der Waals surface area (Å²) >= 11 is 7.85. The Labute approximate surface area is 161 Å². The quantitative estimate of drug-likeness (QED) is 0.524. The van der Waals surface area contributed by atoms with Crippen LogP contribution in [-0.4, -0.2) is 14.2 Å². The number of nitrogen functional groups attached to an aromatic ring is 2. The number of rotatable bonds is 6. The molecule has 2 aromatic carbocycles. The summed E-state index contributed by atoms with van der Waals surface area (Å²) in [7, 11) is 3.18. The topological polar surface area (TPSA) is 82.5 Å². The normalized spacial score (nSPS) is 10.6. The number of anilines is 3. The number of thiophene rings is 1. The van der Waals surface area contributed by atoms with Crippen molar-refractivity contribution in [2.75, 3.05) is 31.0 Å². The molecule has 7 heteroatoms. The lowest BCUT2D eigenvalue weighted by Gasteiger charge is -2.14. The average molecular weight is 390 g/mol. The Morgan fingerprint density at radius 2 is 1.77 bits per heavy atom. The molecule has 3 rings (SSSR count). The third kappa shape index (κ3) is 3.66. The van der Waals surface area contributed by atoms with Crippen LogP contribution in [0.25, 0.3) is 11.1 Å². The summed E-state index contributed by atoms with van der Waals surface area (Å²) in [6.07, 6.45) is 0. The number of benzene rings is 2. The maximum atomic E-state index is 6.24. The maximum absolute atomic E-state index is 6.24. The van der Waals surface area contributed by atoms with Gasteiger partial charge in [0.25, 0.3) is 0 Å². The predicted octanol–water partition coefficient (Wildman–Crippen LogP) is 4.86. The molecule has 0 aliphatic carbocycles. The van der Waals surface area contributed by atoms with E-state index in [0.717, 1.165) is 22.4 Å². The van der Waals surface area contributed by atoms with Crippen LogP contribution >= 0.6 is 22.9 Å². The molecule has 5 nitrogen and oxygen atoms in total. The van der Waals surface area contributed by atoms with E-state index in [1.807, 2.05) is 12.1 Å². The van der Waals surface area contributed by atoms with Crippen molar-refractivity contribution >= 4 is 40.0 Å². The van der Waals surface area contributed by atoms with Gasteiger partial charge in [-0.25, -0.2) is 0 Å². The van der Waals surface area contributed by atoms with Gasteiger partial charge in [-0.15, -0.1) is 0 Å². The number of nitrogens with two attached hydrogens (primary N) is 2. The van der Waals surface area contributed by atoms with E-state index in [2.05, 4.69) is 16.1 Å². The number of hydrogen-bond acceptors (Lipinski definition) is 6. The molecular weight excluding hydrogens is 370 g/mol. The van der Waals surface area contributed by atoms with Gasteiger partial charge in [-0.3, -0.25) is 0 Å². The molecule has 0 bridgehead atoms. The van der Waals surface area contributed by atoms with Crippen molar-refractivity contribution in [1.82, 2.24) is 0 Å². The molecule has 0 saturated carbocycles. The molecule has 5 N–H and O–H groups in total. The zero-order valence-corrected chi connectivity index (χ0v) is 16.1. The van der Waals surface area contributed by atoms with E-state index in [1.54, 1.807) is 43.8 Å². The molecule has 1 heterocycles. The second kappa shape index (κ2) is 7.76. The number of halogens is 1. The van der Waals surface area contributed by atoms with Crippen molar-refractivity contribution in [3.05, 3.63) is 51.7 Å². The van der Waals surface area contributed by atoms with Gasteiger partial charge in [-0.1, -0.05) is 11.6 Å². The van der Waals surface area contributed by atoms with Crippen molar-refractivity contribution in [3.63, 3.8) is 0 Å². The zero-order valence-electron chi connectivity index (χ0n) is 14.5. The summed E-state index contributed by atoms with van der Waals surface area (Å²) in [6, 6.07) is 9.07. The molecule has 0 unspecified atom stereocenters. The molecule has 1 aromatic heterocycles. The van der Waals surface area contributed by atoms with Crippen LogP contribution in [0.5, 0.6) is 11.5 Å². The van der Waals surface area contributed by atoms with Crippen molar-refractivity contribution < 1.29 is 9.47 Å². The third-order valence-corrected chi connectivity index (χ3v) is 5.14. The molecule has 26 heavy (non-hydrogen) atoms. The molecule has 0 radical (unpaired) electrons. The highest BCUT2D eigenvalue weighted by molar-refractivity contribution is 7.08. The second-order valence-electron chi connectivity index (χ2n) is 5.70. The zero-order chi connectivity index (χ0) is 18.7. The number of nitrogens with one attached hydrogen (secondary N) is 1. The fraction of sp³-hybridized carbons (Fsp3) is 0.158. The Bertz CT molecular complexity index is 927. The van der Waals surface area contributed by atoms with Crippen LogP contribution in [0.15, 0.2) is 41.1 Å². The van der Waals surface area contributed by atoms with Crippen molar-refractivity contribution in [3.8, 4) is 22.6 Å². The van der Waals surface area contributed by atoms with Gasteiger partial charge in [0, 0.05) is 29.5 Å². The highest BCUT2D eigenvalue weighted by Crippen LogP contribution is 2.37. The Kier molecular flexibility index (Phi) is 5.44. The molecule has 0 saturated heterocycles. The summed E-state index contributed by atoms with van der Waals surface area (Å²) in [6.45, 7) is 0.589. The summed E-state index contributed by atoms with van der Waals surface area (Å²) in [5, 5.41) is 8.04. The van der Waals surface area contributed by atoms with Crippen LogP contribution < -0.4 is 26.3 Å². The van der Waals surface area contributed by atoms with Crippen LogP contribution in [0.2, 0.25) is 5.02 Å². The Morgan fingerprint density at radius 1 is 1.00 bits per heavy atom. The van der Waals surface area contributed by atoms with E-state index in [0.29, 0.717) is 34.4 Å². The lowest BCUT2D eigenvalue weighted by molar-refractivity contribution is 0.395. The smallest absolute Gasteiger partial charge is 0.145 e. The van der Waals surface area contributed by atoms with Gasteiger partial charge in [0.15, 0.2) is 0 Å².